The van der Waals surface area contributed by atoms with E-state index in [1.54, 1.807) is 18.2 Å². The molecule has 164 valence electrons. The van der Waals surface area contributed by atoms with Crippen LogP contribution in [-0.2, 0) is 37.0 Å². The van der Waals surface area contributed by atoms with Gasteiger partial charge in [0.15, 0.2) is 15.7 Å². The Morgan fingerprint density at radius 3 is 2.40 bits per heavy atom. The Labute approximate surface area is 175 Å². The van der Waals surface area contributed by atoms with E-state index in [1.807, 2.05) is 4.90 Å². The standard InChI is InChI=1S/C18H24N4O6S2/c1-29(24,25)12-15-10-17(22-5-7-28-8-6-22)20-18(19-15)13-3-4-16(14(9-13)11-23)21-30(2,26)27/h3-4,9-10,21,23H,5-8,11-12H2,1-2H3. The summed E-state index contributed by atoms with van der Waals surface area (Å²) < 4.78 is 54.4. The Hall–Kier alpha value is -2.28. The van der Waals surface area contributed by atoms with Crippen molar-refractivity contribution in [2.75, 3.05) is 48.4 Å². The summed E-state index contributed by atoms with van der Waals surface area (Å²) in [6, 6.07) is 6.37. The number of hydrogen-bond donors (Lipinski definition) is 2. The molecule has 1 saturated heterocycles. The second-order valence-electron chi connectivity index (χ2n) is 7.11. The smallest absolute Gasteiger partial charge is 0.229 e. The highest BCUT2D eigenvalue weighted by Gasteiger charge is 2.18. The van der Waals surface area contributed by atoms with E-state index < -0.39 is 26.5 Å². The first kappa shape index (κ1) is 22.4. The van der Waals surface area contributed by atoms with Crippen LogP contribution in [0.15, 0.2) is 24.3 Å². The number of aromatic nitrogens is 2. The van der Waals surface area contributed by atoms with Crippen molar-refractivity contribution in [2.45, 2.75) is 12.4 Å². The number of morpholine rings is 1. The van der Waals surface area contributed by atoms with Gasteiger partial charge < -0.3 is 14.7 Å². The quantitative estimate of drug-likeness (QED) is 0.605. The van der Waals surface area contributed by atoms with Crippen molar-refractivity contribution >= 4 is 31.4 Å². The maximum atomic E-state index is 11.8. The molecule has 0 atom stereocenters. The molecule has 0 bridgehead atoms. The molecule has 0 amide bonds. The van der Waals surface area contributed by atoms with Crippen molar-refractivity contribution in [1.82, 2.24) is 9.97 Å². The summed E-state index contributed by atoms with van der Waals surface area (Å²) >= 11 is 0. The summed E-state index contributed by atoms with van der Waals surface area (Å²) in [5, 5.41) is 9.68. The SMILES string of the molecule is CS(=O)(=O)Cc1cc(N2CCOCC2)nc(-c2ccc(NS(C)(=O)=O)c(CO)c2)n1. The monoisotopic (exact) mass is 456 g/mol. The van der Waals surface area contributed by atoms with Gasteiger partial charge in [0.2, 0.25) is 10.0 Å². The van der Waals surface area contributed by atoms with Crippen molar-refractivity contribution in [1.29, 1.82) is 0 Å². The Morgan fingerprint density at radius 1 is 1.10 bits per heavy atom. The lowest BCUT2D eigenvalue weighted by Crippen LogP contribution is -2.37. The number of sulfone groups is 1. The molecule has 1 fully saturated rings. The number of anilines is 2. The molecule has 3 rings (SSSR count). The third kappa shape index (κ3) is 6.11. The van der Waals surface area contributed by atoms with E-state index in [-0.39, 0.29) is 11.4 Å². The van der Waals surface area contributed by atoms with Crippen LogP contribution in [0.3, 0.4) is 0 Å². The van der Waals surface area contributed by atoms with Gasteiger partial charge in [-0.3, -0.25) is 4.72 Å². The molecule has 0 radical (unpaired) electrons. The zero-order valence-corrected chi connectivity index (χ0v) is 18.3. The van der Waals surface area contributed by atoms with Crippen LogP contribution in [0.2, 0.25) is 0 Å². The number of rotatable bonds is 7. The van der Waals surface area contributed by atoms with Crippen LogP contribution < -0.4 is 9.62 Å². The maximum Gasteiger partial charge on any atom is 0.229 e. The predicted octanol–water partition coefficient (Wildman–Crippen LogP) is 0.389. The molecule has 1 aromatic carbocycles. The Kier molecular flexibility index (Phi) is 6.60. The van der Waals surface area contributed by atoms with Gasteiger partial charge in [0.25, 0.3) is 0 Å². The number of hydrogen-bond acceptors (Lipinski definition) is 9. The lowest BCUT2D eigenvalue weighted by molar-refractivity contribution is 0.122. The van der Waals surface area contributed by atoms with Crippen molar-refractivity contribution < 1.29 is 26.7 Å². The summed E-state index contributed by atoms with van der Waals surface area (Å²) in [5.41, 5.74) is 1.49. The van der Waals surface area contributed by atoms with E-state index in [0.717, 1.165) is 12.5 Å². The van der Waals surface area contributed by atoms with Crippen LogP contribution in [0.5, 0.6) is 0 Å². The Balaban J connectivity index is 2.06. The fraction of sp³-hybridized carbons (Fsp3) is 0.444. The van der Waals surface area contributed by atoms with Crippen molar-refractivity contribution in [3.05, 3.63) is 35.5 Å². The van der Waals surface area contributed by atoms with E-state index in [4.69, 9.17) is 4.74 Å². The third-order valence-corrected chi connectivity index (χ3v) is 5.75. The van der Waals surface area contributed by atoms with Gasteiger partial charge in [-0.15, -0.1) is 0 Å². The first-order valence-electron chi connectivity index (χ1n) is 9.14. The van der Waals surface area contributed by atoms with Gasteiger partial charge in [-0.25, -0.2) is 26.8 Å². The number of aliphatic hydroxyl groups is 1. The van der Waals surface area contributed by atoms with Gasteiger partial charge in [0, 0.05) is 36.5 Å². The largest absolute Gasteiger partial charge is 0.392 e. The molecule has 12 heteroatoms. The summed E-state index contributed by atoms with van der Waals surface area (Å²) in [4.78, 5) is 11.0. The topological polar surface area (TPSA) is 139 Å². The van der Waals surface area contributed by atoms with Gasteiger partial charge in [-0.1, -0.05) is 0 Å². The van der Waals surface area contributed by atoms with E-state index in [9.17, 15) is 21.9 Å². The van der Waals surface area contributed by atoms with Crippen LogP contribution in [0.4, 0.5) is 11.5 Å². The molecule has 2 N–H and O–H groups in total. The molecule has 1 aromatic heterocycles. The fourth-order valence-corrected chi connectivity index (χ4v) is 4.36. The maximum absolute atomic E-state index is 11.8. The Morgan fingerprint density at radius 2 is 1.80 bits per heavy atom. The van der Waals surface area contributed by atoms with Crippen LogP contribution in [0.25, 0.3) is 11.4 Å². The Bertz CT molecular complexity index is 1130. The van der Waals surface area contributed by atoms with Crippen LogP contribution in [0.1, 0.15) is 11.3 Å². The molecule has 30 heavy (non-hydrogen) atoms. The van der Waals surface area contributed by atoms with Crippen molar-refractivity contribution in [3.8, 4) is 11.4 Å². The molecule has 1 aliphatic rings. The molecule has 0 saturated carbocycles. The minimum atomic E-state index is -3.51. The van der Waals surface area contributed by atoms with Crippen molar-refractivity contribution in [2.24, 2.45) is 0 Å². The lowest BCUT2D eigenvalue weighted by Gasteiger charge is -2.28. The average molecular weight is 457 g/mol. The minimum absolute atomic E-state index is 0.236. The zero-order chi connectivity index (χ0) is 21.9. The summed E-state index contributed by atoms with van der Waals surface area (Å²) in [7, 11) is -6.83. The first-order chi connectivity index (χ1) is 14.0. The number of nitrogens with one attached hydrogen (secondary N) is 1. The molecule has 0 unspecified atom stereocenters. The number of sulfonamides is 1. The van der Waals surface area contributed by atoms with E-state index >= 15 is 0 Å². The van der Waals surface area contributed by atoms with E-state index in [1.165, 1.54) is 6.07 Å². The molecular formula is C18H24N4O6S2. The van der Waals surface area contributed by atoms with Gasteiger partial charge in [0.05, 0.1) is 43.2 Å². The van der Waals surface area contributed by atoms with Gasteiger partial charge in [-0.05, 0) is 18.2 Å². The first-order valence-corrected chi connectivity index (χ1v) is 13.1. The van der Waals surface area contributed by atoms with Crippen LogP contribution >= 0.6 is 0 Å². The van der Waals surface area contributed by atoms with Gasteiger partial charge in [-0.2, -0.15) is 0 Å². The highest BCUT2D eigenvalue weighted by Crippen LogP contribution is 2.26. The molecule has 2 heterocycles. The second kappa shape index (κ2) is 8.84. The fourth-order valence-electron chi connectivity index (χ4n) is 3.07. The summed E-state index contributed by atoms with van der Waals surface area (Å²) in [5.74, 6) is 0.643. The number of aliphatic hydroxyl groups excluding tert-OH is 1. The average Bonchev–Trinajstić information content (AvgIpc) is 2.66. The van der Waals surface area contributed by atoms with Gasteiger partial charge in [0.1, 0.15) is 5.82 Å². The molecule has 0 aliphatic carbocycles. The molecule has 10 nitrogen and oxygen atoms in total. The number of benzene rings is 1. The molecule has 1 aliphatic heterocycles. The normalized spacial score (nSPS) is 15.2. The lowest BCUT2D eigenvalue weighted by atomic mass is 10.1. The van der Waals surface area contributed by atoms with Crippen LogP contribution in [0, 0.1) is 0 Å². The van der Waals surface area contributed by atoms with E-state index in [2.05, 4.69) is 14.7 Å². The third-order valence-electron chi connectivity index (χ3n) is 4.34. The van der Waals surface area contributed by atoms with Crippen molar-refractivity contribution in [3.63, 3.8) is 0 Å². The number of nitrogens with zero attached hydrogens (tertiary/aromatic N) is 3. The molecule has 2 aromatic rings. The molecule has 0 spiro atoms. The minimum Gasteiger partial charge on any atom is -0.392 e. The highest BCUT2D eigenvalue weighted by molar-refractivity contribution is 7.92. The zero-order valence-electron chi connectivity index (χ0n) is 16.7. The summed E-state index contributed by atoms with van der Waals surface area (Å²) in [6.07, 6.45) is 2.16. The van der Waals surface area contributed by atoms with Gasteiger partial charge >= 0.3 is 0 Å². The molecular weight excluding hydrogens is 432 g/mol. The van der Waals surface area contributed by atoms with E-state index in [0.29, 0.717) is 54.8 Å². The van der Waals surface area contributed by atoms with Crippen LogP contribution in [-0.4, -0.2) is 70.7 Å². The second-order valence-corrected chi connectivity index (χ2v) is 11.0. The number of ether oxygens (including phenoxy) is 1. The predicted molar refractivity (Wildman–Crippen MR) is 113 cm³/mol. The highest BCUT2D eigenvalue weighted by atomic mass is 32.2. The summed E-state index contributed by atoms with van der Waals surface area (Å²) in [6.45, 7) is 1.93.